The third-order valence-electron chi connectivity index (χ3n) is 2.75. The van der Waals surface area contributed by atoms with Crippen LogP contribution in [-0.2, 0) is 6.42 Å². The van der Waals surface area contributed by atoms with Crippen LogP contribution in [-0.4, -0.2) is 11.5 Å². The Labute approximate surface area is 111 Å². The van der Waals surface area contributed by atoms with Crippen LogP contribution in [0.15, 0.2) is 27.7 Å². The van der Waals surface area contributed by atoms with E-state index in [1.54, 1.807) is 22.7 Å². The lowest BCUT2D eigenvalue weighted by Gasteiger charge is -2.16. The van der Waals surface area contributed by atoms with Gasteiger partial charge in [-0.1, -0.05) is 6.92 Å². The number of nitrogens with one attached hydrogen (secondary N) is 1. The second kappa shape index (κ2) is 6.89. The molecule has 0 aliphatic heterocycles. The minimum absolute atomic E-state index is 0.404. The van der Waals surface area contributed by atoms with Crippen LogP contribution in [0.5, 0.6) is 0 Å². The molecule has 0 aromatic carbocycles. The van der Waals surface area contributed by atoms with E-state index in [2.05, 4.69) is 39.4 Å². The molecule has 2 rings (SSSR count). The Morgan fingerprint density at radius 2 is 2.29 bits per heavy atom. The van der Waals surface area contributed by atoms with Gasteiger partial charge in [-0.2, -0.15) is 11.3 Å². The van der Waals surface area contributed by atoms with Crippen LogP contribution in [0.3, 0.4) is 0 Å². The van der Waals surface area contributed by atoms with Gasteiger partial charge in [-0.15, -0.1) is 11.3 Å². The molecule has 2 heterocycles. The van der Waals surface area contributed by atoms with Crippen molar-refractivity contribution < 1.29 is 0 Å². The summed E-state index contributed by atoms with van der Waals surface area (Å²) >= 11 is 3.45. The van der Waals surface area contributed by atoms with Crippen molar-refractivity contribution >= 4 is 22.7 Å². The Morgan fingerprint density at radius 1 is 1.35 bits per heavy atom. The summed E-state index contributed by atoms with van der Waals surface area (Å²) in [6.45, 7) is 3.26. The molecule has 0 radical (unpaired) electrons. The Morgan fingerprint density at radius 3 is 2.94 bits per heavy atom. The van der Waals surface area contributed by atoms with Gasteiger partial charge < -0.3 is 5.32 Å². The van der Waals surface area contributed by atoms with Crippen LogP contribution < -0.4 is 5.32 Å². The first-order valence-corrected chi connectivity index (χ1v) is 7.91. The number of thiazole rings is 1. The van der Waals surface area contributed by atoms with E-state index < -0.39 is 0 Å². The van der Waals surface area contributed by atoms with Crippen LogP contribution in [0.4, 0.5) is 0 Å². The number of hydrogen-bond donors (Lipinski definition) is 1. The highest BCUT2D eigenvalue weighted by Gasteiger charge is 2.12. The van der Waals surface area contributed by atoms with Gasteiger partial charge in [0.2, 0.25) is 0 Å². The Hall–Kier alpha value is -0.710. The fourth-order valence-corrected chi connectivity index (χ4v) is 3.12. The van der Waals surface area contributed by atoms with Crippen molar-refractivity contribution in [2.45, 2.75) is 32.2 Å². The van der Waals surface area contributed by atoms with Gasteiger partial charge in [0, 0.05) is 5.38 Å². The normalized spacial score (nSPS) is 12.8. The van der Waals surface area contributed by atoms with E-state index in [0.29, 0.717) is 6.04 Å². The zero-order chi connectivity index (χ0) is 11.9. The quantitative estimate of drug-likeness (QED) is 0.822. The zero-order valence-corrected chi connectivity index (χ0v) is 11.7. The molecular formula is C13H18N2S2. The monoisotopic (exact) mass is 266 g/mol. The number of hydrogen-bond acceptors (Lipinski definition) is 4. The Bertz CT molecular complexity index is 395. The number of thiophene rings is 1. The molecule has 0 saturated heterocycles. The summed E-state index contributed by atoms with van der Waals surface area (Å²) in [5, 5.41) is 10.1. The van der Waals surface area contributed by atoms with Crippen molar-refractivity contribution in [1.82, 2.24) is 10.3 Å². The fourth-order valence-electron chi connectivity index (χ4n) is 1.81. The van der Waals surface area contributed by atoms with Crippen molar-refractivity contribution in [3.63, 3.8) is 0 Å². The first-order valence-electron chi connectivity index (χ1n) is 6.02. The molecule has 2 aromatic rings. The molecule has 2 aromatic heterocycles. The number of nitrogens with zero attached hydrogens (tertiary/aromatic N) is 1. The second-order valence-corrected chi connectivity index (χ2v) is 5.59. The van der Waals surface area contributed by atoms with Crippen molar-refractivity contribution in [2.75, 3.05) is 6.54 Å². The predicted molar refractivity (Wildman–Crippen MR) is 75.8 cm³/mol. The predicted octanol–water partition coefficient (Wildman–Crippen LogP) is 3.88. The maximum Gasteiger partial charge on any atom is 0.0795 e. The van der Waals surface area contributed by atoms with Gasteiger partial charge in [0.15, 0.2) is 0 Å². The number of rotatable bonds is 7. The van der Waals surface area contributed by atoms with Crippen molar-refractivity contribution in [2.24, 2.45) is 0 Å². The van der Waals surface area contributed by atoms with Gasteiger partial charge in [-0.05, 0) is 48.2 Å². The minimum Gasteiger partial charge on any atom is -0.309 e. The summed E-state index contributed by atoms with van der Waals surface area (Å²) < 4.78 is 0. The highest BCUT2D eigenvalue weighted by Crippen LogP contribution is 2.20. The highest BCUT2D eigenvalue weighted by atomic mass is 32.1. The van der Waals surface area contributed by atoms with E-state index in [-0.39, 0.29) is 0 Å². The fraction of sp³-hybridized carbons (Fsp3) is 0.462. The largest absolute Gasteiger partial charge is 0.309 e. The molecule has 0 saturated carbocycles. The van der Waals surface area contributed by atoms with E-state index >= 15 is 0 Å². The van der Waals surface area contributed by atoms with Crippen LogP contribution in [0.25, 0.3) is 0 Å². The van der Waals surface area contributed by atoms with Crippen molar-refractivity contribution in [3.05, 3.63) is 39.0 Å². The molecule has 92 valence electrons. The lowest BCUT2D eigenvalue weighted by atomic mass is 10.1. The van der Waals surface area contributed by atoms with Gasteiger partial charge in [0.25, 0.3) is 0 Å². The minimum atomic E-state index is 0.404. The third-order valence-corrected chi connectivity index (χ3v) is 4.09. The van der Waals surface area contributed by atoms with Crippen molar-refractivity contribution in [1.29, 1.82) is 0 Å². The zero-order valence-electron chi connectivity index (χ0n) is 10.1. The van der Waals surface area contributed by atoms with Crippen LogP contribution >= 0.6 is 22.7 Å². The van der Waals surface area contributed by atoms with E-state index in [1.807, 2.05) is 5.51 Å². The number of aryl methyl sites for hydroxylation is 1. The first kappa shape index (κ1) is 12.7. The summed E-state index contributed by atoms with van der Waals surface area (Å²) in [7, 11) is 0. The van der Waals surface area contributed by atoms with E-state index in [9.17, 15) is 0 Å². The van der Waals surface area contributed by atoms with Crippen LogP contribution in [0.1, 0.15) is 37.1 Å². The van der Waals surface area contributed by atoms with Crippen molar-refractivity contribution in [3.8, 4) is 0 Å². The Balaban J connectivity index is 1.91. The molecule has 4 heteroatoms. The molecule has 0 spiro atoms. The maximum atomic E-state index is 4.43. The molecule has 0 aliphatic carbocycles. The lowest BCUT2D eigenvalue weighted by molar-refractivity contribution is 0.491. The molecule has 2 nitrogen and oxygen atoms in total. The van der Waals surface area contributed by atoms with Gasteiger partial charge in [-0.3, -0.25) is 0 Å². The third kappa shape index (κ3) is 3.91. The maximum absolute atomic E-state index is 4.43. The molecule has 0 aliphatic rings. The molecule has 0 amide bonds. The molecule has 1 atom stereocenters. The molecule has 0 fully saturated rings. The van der Waals surface area contributed by atoms with Crippen LogP contribution in [0.2, 0.25) is 0 Å². The SMILES string of the molecule is CCCNC(CCc1ccsc1)c1cscn1. The van der Waals surface area contributed by atoms with Crippen LogP contribution in [0, 0.1) is 0 Å². The average molecular weight is 266 g/mol. The molecule has 1 unspecified atom stereocenters. The van der Waals surface area contributed by atoms with E-state index in [1.165, 1.54) is 17.7 Å². The lowest BCUT2D eigenvalue weighted by Crippen LogP contribution is -2.22. The van der Waals surface area contributed by atoms with Gasteiger partial charge in [-0.25, -0.2) is 4.98 Å². The standard InChI is InChI=1S/C13H18N2S2/c1-2-6-14-12(13-9-17-10-15-13)4-3-11-5-7-16-8-11/h5,7-10,12,14H,2-4,6H2,1H3. The molecular weight excluding hydrogens is 248 g/mol. The topological polar surface area (TPSA) is 24.9 Å². The summed E-state index contributed by atoms with van der Waals surface area (Å²) in [4.78, 5) is 4.43. The average Bonchev–Trinajstić information content (AvgIpc) is 3.01. The molecule has 0 bridgehead atoms. The summed E-state index contributed by atoms with van der Waals surface area (Å²) in [6.07, 6.45) is 3.42. The molecule has 17 heavy (non-hydrogen) atoms. The smallest absolute Gasteiger partial charge is 0.0795 e. The van der Waals surface area contributed by atoms with Gasteiger partial charge in [0.1, 0.15) is 0 Å². The van der Waals surface area contributed by atoms with Gasteiger partial charge >= 0.3 is 0 Å². The van der Waals surface area contributed by atoms with Gasteiger partial charge in [0.05, 0.1) is 17.2 Å². The summed E-state index contributed by atoms with van der Waals surface area (Å²) in [5.41, 5.74) is 4.55. The first-order chi connectivity index (χ1) is 8.40. The Kier molecular flexibility index (Phi) is 5.16. The molecule has 1 N–H and O–H groups in total. The highest BCUT2D eigenvalue weighted by molar-refractivity contribution is 7.08. The second-order valence-electron chi connectivity index (χ2n) is 4.09. The summed E-state index contributed by atoms with van der Waals surface area (Å²) in [5.74, 6) is 0. The summed E-state index contributed by atoms with van der Waals surface area (Å²) in [6, 6.07) is 2.61. The van der Waals surface area contributed by atoms with E-state index in [4.69, 9.17) is 0 Å². The number of aromatic nitrogens is 1. The van der Waals surface area contributed by atoms with E-state index in [0.717, 1.165) is 19.4 Å².